The Labute approximate surface area is 161 Å². The van der Waals surface area contributed by atoms with Gasteiger partial charge in [0.05, 0.1) is 6.10 Å². The second-order valence-electron chi connectivity index (χ2n) is 8.86. The van der Waals surface area contributed by atoms with Gasteiger partial charge in [0, 0.05) is 33.0 Å². The molecule has 152 valence electrons. The summed E-state index contributed by atoms with van der Waals surface area (Å²) < 4.78 is 32.3. The SMILES string of the molecule is O=C[C@@]1([C@]2([C@@]3([C@@]4([C@@H]5CCCO5)CCCO4)CCCO3)CCCO2)CCCO1. The van der Waals surface area contributed by atoms with Gasteiger partial charge in [-0.1, -0.05) is 0 Å². The number of ether oxygens (including phenoxy) is 5. The van der Waals surface area contributed by atoms with E-state index in [1.807, 2.05) is 0 Å². The van der Waals surface area contributed by atoms with Gasteiger partial charge in [0.25, 0.3) is 0 Å². The number of hydrogen-bond acceptors (Lipinski definition) is 6. The standard InChI is InChI=1S/C21H32O6/c22-16-18(7-2-12-24-18)20(9-4-14-26-20)21(10-5-15-27-21)19(8-3-13-25-19)17-6-1-11-23-17/h16-17H,1-15H2/t17-,18+,19-,20-,21-/m0/s1. The summed E-state index contributed by atoms with van der Waals surface area (Å²) in [5, 5.41) is 0. The Morgan fingerprint density at radius 2 is 1.33 bits per heavy atom. The molecule has 5 rings (SSSR count). The van der Waals surface area contributed by atoms with E-state index >= 15 is 0 Å². The van der Waals surface area contributed by atoms with Crippen molar-refractivity contribution >= 4 is 6.29 Å². The first-order valence-electron chi connectivity index (χ1n) is 10.9. The summed E-state index contributed by atoms with van der Waals surface area (Å²) in [7, 11) is 0. The molecule has 0 amide bonds. The Balaban J connectivity index is 1.68. The normalized spacial score (nSPS) is 50.6. The van der Waals surface area contributed by atoms with E-state index in [0.29, 0.717) is 26.2 Å². The number of aldehydes is 1. The summed E-state index contributed by atoms with van der Waals surface area (Å²) in [5.41, 5.74) is -2.96. The number of carbonyl (C=O) groups excluding carboxylic acids is 1. The van der Waals surface area contributed by atoms with Crippen LogP contribution in [0.2, 0.25) is 0 Å². The van der Waals surface area contributed by atoms with Crippen molar-refractivity contribution in [2.45, 2.75) is 92.7 Å². The first-order valence-corrected chi connectivity index (χ1v) is 10.9. The topological polar surface area (TPSA) is 63.2 Å². The molecule has 5 heterocycles. The van der Waals surface area contributed by atoms with Crippen LogP contribution in [0.5, 0.6) is 0 Å². The highest BCUT2D eigenvalue weighted by Crippen LogP contribution is 2.62. The maximum absolute atomic E-state index is 12.5. The zero-order valence-corrected chi connectivity index (χ0v) is 16.2. The van der Waals surface area contributed by atoms with Crippen molar-refractivity contribution < 1.29 is 28.5 Å². The molecule has 0 aliphatic carbocycles. The third kappa shape index (κ3) is 2.28. The Morgan fingerprint density at radius 3 is 1.85 bits per heavy atom. The highest BCUT2D eigenvalue weighted by molar-refractivity contribution is 5.67. The molecule has 0 unspecified atom stereocenters. The molecule has 0 aromatic carbocycles. The third-order valence-corrected chi connectivity index (χ3v) is 7.81. The van der Waals surface area contributed by atoms with Crippen molar-refractivity contribution in [3.8, 4) is 0 Å². The lowest BCUT2D eigenvalue weighted by molar-refractivity contribution is -0.314. The highest BCUT2D eigenvalue weighted by Gasteiger charge is 2.77. The van der Waals surface area contributed by atoms with Crippen LogP contribution in [0.15, 0.2) is 0 Å². The Hall–Kier alpha value is -0.530. The lowest BCUT2D eigenvalue weighted by atomic mass is 9.58. The Kier molecular flexibility index (Phi) is 4.64. The van der Waals surface area contributed by atoms with Gasteiger partial charge in [0.1, 0.15) is 16.8 Å². The molecule has 5 aliphatic heterocycles. The van der Waals surface area contributed by atoms with E-state index in [9.17, 15) is 4.79 Å². The van der Waals surface area contributed by atoms with Crippen LogP contribution in [-0.2, 0) is 28.5 Å². The zero-order chi connectivity index (χ0) is 18.4. The predicted octanol–water partition coefficient (Wildman–Crippen LogP) is 2.56. The average molecular weight is 380 g/mol. The molecule has 0 bridgehead atoms. The zero-order valence-electron chi connectivity index (χ0n) is 16.2. The molecule has 0 aromatic rings. The fourth-order valence-corrected chi connectivity index (χ4v) is 6.87. The second-order valence-corrected chi connectivity index (χ2v) is 8.86. The van der Waals surface area contributed by atoms with Gasteiger partial charge in [-0.2, -0.15) is 0 Å². The van der Waals surface area contributed by atoms with Gasteiger partial charge in [-0.25, -0.2) is 0 Å². The molecule has 6 nitrogen and oxygen atoms in total. The van der Waals surface area contributed by atoms with E-state index in [1.165, 1.54) is 0 Å². The summed E-state index contributed by atoms with van der Waals surface area (Å²) in [5.74, 6) is 0. The molecule has 5 saturated heterocycles. The highest BCUT2D eigenvalue weighted by atomic mass is 16.6. The minimum Gasteiger partial charge on any atom is -0.375 e. The fraction of sp³-hybridized carbons (Fsp3) is 0.952. The smallest absolute Gasteiger partial charge is 0.155 e. The van der Waals surface area contributed by atoms with E-state index in [1.54, 1.807) is 0 Å². The summed E-state index contributed by atoms with van der Waals surface area (Å²) in [6, 6.07) is 0. The summed E-state index contributed by atoms with van der Waals surface area (Å²) in [6.07, 6.45) is 10.0. The van der Waals surface area contributed by atoms with Gasteiger partial charge in [0.2, 0.25) is 0 Å². The molecular weight excluding hydrogens is 348 g/mol. The van der Waals surface area contributed by atoms with Crippen LogP contribution in [0.25, 0.3) is 0 Å². The van der Waals surface area contributed by atoms with Gasteiger partial charge in [-0.05, 0) is 64.2 Å². The van der Waals surface area contributed by atoms with Gasteiger partial charge in [-0.15, -0.1) is 0 Å². The largest absolute Gasteiger partial charge is 0.375 e. The van der Waals surface area contributed by atoms with Crippen LogP contribution in [0.4, 0.5) is 0 Å². The molecule has 5 aliphatic rings. The quantitative estimate of drug-likeness (QED) is 0.683. The van der Waals surface area contributed by atoms with Crippen LogP contribution in [0, 0.1) is 0 Å². The van der Waals surface area contributed by atoms with Crippen LogP contribution in [-0.4, -0.2) is 67.8 Å². The van der Waals surface area contributed by atoms with E-state index in [2.05, 4.69) is 0 Å². The van der Waals surface area contributed by atoms with Crippen molar-refractivity contribution in [3.63, 3.8) is 0 Å². The minimum absolute atomic E-state index is 0.00396. The molecule has 5 fully saturated rings. The molecule has 0 N–H and O–H groups in total. The van der Waals surface area contributed by atoms with Crippen molar-refractivity contribution in [3.05, 3.63) is 0 Å². The van der Waals surface area contributed by atoms with Crippen molar-refractivity contribution in [1.82, 2.24) is 0 Å². The number of hydrogen-bond donors (Lipinski definition) is 0. The second kappa shape index (κ2) is 6.77. The monoisotopic (exact) mass is 380 g/mol. The molecule has 0 spiro atoms. The maximum Gasteiger partial charge on any atom is 0.155 e. The van der Waals surface area contributed by atoms with E-state index in [0.717, 1.165) is 77.3 Å². The van der Waals surface area contributed by atoms with Crippen LogP contribution in [0.1, 0.15) is 64.2 Å². The summed E-state index contributed by atoms with van der Waals surface area (Å²) in [4.78, 5) is 12.5. The van der Waals surface area contributed by atoms with Crippen molar-refractivity contribution in [1.29, 1.82) is 0 Å². The van der Waals surface area contributed by atoms with E-state index < -0.39 is 22.4 Å². The van der Waals surface area contributed by atoms with Crippen molar-refractivity contribution in [2.75, 3.05) is 33.0 Å². The van der Waals surface area contributed by atoms with Gasteiger partial charge >= 0.3 is 0 Å². The predicted molar refractivity (Wildman–Crippen MR) is 96.7 cm³/mol. The van der Waals surface area contributed by atoms with Gasteiger partial charge < -0.3 is 28.5 Å². The average Bonchev–Trinajstić information content (AvgIpc) is 3.51. The van der Waals surface area contributed by atoms with Crippen LogP contribution in [0.3, 0.4) is 0 Å². The minimum atomic E-state index is -0.939. The lowest BCUT2D eigenvalue weighted by Gasteiger charge is -2.59. The maximum atomic E-state index is 12.5. The molecule has 27 heavy (non-hydrogen) atoms. The Morgan fingerprint density at radius 1 is 0.667 bits per heavy atom. The lowest BCUT2D eigenvalue weighted by Crippen LogP contribution is -2.77. The Bertz CT molecular complexity index is 545. The fourth-order valence-electron chi connectivity index (χ4n) is 6.87. The summed E-state index contributed by atoms with van der Waals surface area (Å²) >= 11 is 0. The molecule has 6 heteroatoms. The van der Waals surface area contributed by atoms with E-state index in [-0.39, 0.29) is 6.10 Å². The number of rotatable bonds is 5. The molecule has 0 aromatic heterocycles. The van der Waals surface area contributed by atoms with Gasteiger partial charge in [-0.3, -0.25) is 0 Å². The molecule has 0 radical (unpaired) electrons. The van der Waals surface area contributed by atoms with Crippen LogP contribution >= 0.6 is 0 Å². The molecule has 0 saturated carbocycles. The van der Waals surface area contributed by atoms with Crippen molar-refractivity contribution in [2.24, 2.45) is 0 Å². The molecule has 5 atom stereocenters. The first-order chi connectivity index (χ1) is 13.2. The third-order valence-electron chi connectivity index (χ3n) is 7.81. The van der Waals surface area contributed by atoms with Crippen LogP contribution < -0.4 is 0 Å². The van der Waals surface area contributed by atoms with E-state index in [4.69, 9.17) is 23.7 Å². The molecular formula is C21H32O6. The first kappa shape index (κ1) is 18.5. The number of carbonyl (C=O) groups is 1. The van der Waals surface area contributed by atoms with Gasteiger partial charge in [0.15, 0.2) is 11.9 Å². The summed E-state index contributed by atoms with van der Waals surface area (Å²) in [6.45, 7) is 3.42.